The zero-order chi connectivity index (χ0) is 22.7. The lowest BCUT2D eigenvalue weighted by molar-refractivity contribution is -0.00576. The number of terminal acetylenes is 1. The smallest absolute Gasteiger partial charge is 0.255 e. The minimum atomic E-state index is -0.0341. The SMILES string of the molecule is C#CCOc1ccc(CN2CCc3c(nc(N4C[C@@H](C)O[C@@H](C)C4)[nH]c3=O)C2)cc1OC. The first-order valence-corrected chi connectivity index (χ1v) is 10.9. The summed E-state index contributed by atoms with van der Waals surface area (Å²) < 4.78 is 16.8. The summed E-state index contributed by atoms with van der Waals surface area (Å²) in [6, 6.07) is 5.86. The van der Waals surface area contributed by atoms with Gasteiger partial charge in [0.2, 0.25) is 5.95 Å². The van der Waals surface area contributed by atoms with E-state index >= 15 is 0 Å². The molecule has 2 aliphatic rings. The molecule has 8 heteroatoms. The van der Waals surface area contributed by atoms with Crippen molar-refractivity contribution in [3.8, 4) is 23.8 Å². The Bertz CT molecular complexity index is 1050. The van der Waals surface area contributed by atoms with Crippen LogP contribution < -0.4 is 19.9 Å². The van der Waals surface area contributed by atoms with Crippen LogP contribution in [0, 0.1) is 12.3 Å². The van der Waals surface area contributed by atoms with Crippen molar-refractivity contribution >= 4 is 5.95 Å². The molecule has 0 spiro atoms. The molecule has 2 aliphatic heterocycles. The Balaban J connectivity index is 1.50. The van der Waals surface area contributed by atoms with Gasteiger partial charge in [-0.3, -0.25) is 14.7 Å². The third-order valence-electron chi connectivity index (χ3n) is 5.80. The summed E-state index contributed by atoms with van der Waals surface area (Å²) in [6.45, 7) is 7.84. The predicted octanol–water partition coefficient (Wildman–Crippen LogP) is 1.96. The molecule has 0 unspecified atom stereocenters. The highest BCUT2D eigenvalue weighted by atomic mass is 16.5. The van der Waals surface area contributed by atoms with Gasteiger partial charge in [-0.2, -0.15) is 0 Å². The molecule has 1 aromatic carbocycles. The number of hydrogen-bond donors (Lipinski definition) is 1. The molecule has 0 aliphatic carbocycles. The second kappa shape index (κ2) is 9.63. The van der Waals surface area contributed by atoms with Crippen LogP contribution in [0.1, 0.15) is 30.7 Å². The summed E-state index contributed by atoms with van der Waals surface area (Å²) >= 11 is 0. The molecule has 0 amide bonds. The van der Waals surface area contributed by atoms with Crippen molar-refractivity contribution in [1.29, 1.82) is 0 Å². The van der Waals surface area contributed by atoms with Crippen molar-refractivity contribution in [3.63, 3.8) is 0 Å². The van der Waals surface area contributed by atoms with Crippen molar-refractivity contribution in [2.24, 2.45) is 0 Å². The number of H-pyrrole nitrogens is 1. The number of nitrogens with zero attached hydrogens (tertiary/aromatic N) is 3. The third kappa shape index (κ3) is 4.90. The molecule has 170 valence electrons. The standard InChI is InChI=1S/C24H30N4O4/c1-5-10-31-21-7-6-18(11-22(21)30-4)14-27-9-8-19-20(15-27)25-24(26-23(19)29)28-12-16(2)32-17(3)13-28/h1,6-7,11,16-17H,8-10,12-15H2,2-4H3,(H,25,26,29)/t16-,17+. The number of anilines is 1. The number of fused-ring (bicyclic) bond motifs is 1. The highest BCUT2D eigenvalue weighted by molar-refractivity contribution is 5.43. The number of benzene rings is 1. The van der Waals surface area contributed by atoms with Crippen LogP contribution in [0.25, 0.3) is 0 Å². The van der Waals surface area contributed by atoms with E-state index in [0.717, 1.165) is 29.9 Å². The molecule has 0 radical (unpaired) electrons. The molecule has 32 heavy (non-hydrogen) atoms. The Morgan fingerprint density at radius 3 is 2.78 bits per heavy atom. The van der Waals surface area contributed by atoms with E-state index in [1.165, 1.54) is 0 Å². The number of morpholine rings is 1. The van der Waals surface area contributed by atoms with Crippen molar-refractivity contribution in [1.82, 2.24) is 14.9 Å². The van der Waals surface area contributed by atoms with E-state index in [0.29, 0.717) is 43.5 Å². The summed E-state index contributed by atoms with van der Waals surface area (Å²) in [4.78, 5) is 25.0. The zero-order valence-corrected chi connectivity index (χ0v) is 18.9. The fourth-order valence-electron chi connectivity index (χ4n) is 4.42. The van der Waals surface area contributed by atoms with Crippen LogP contribution in [0.2, 0.25) is 0 Å². The molecular formula is C24H30N4O4. The zero-order valence-electron chi connectivity index (χ0n) is 18.9. The van der Waals surface area contributed by atoms with Gasteiger partial charge in [-0.25, -0.2) is 4.98 Å². The van der Waals surface area contributed by atoms with E-state index in [1.807, 2.05) is 32.0 Å². The van der Waals surface area contributed by atoms with Crippen LogP contribution in [-0.4, -0.2) is 60.4 Å². The summed E-state index contributed by atoms with van der Waals surface area (Å²) in [5, 5.41) is 0. The highest BCUT2D eigenvalue weighted by Crippen LogP contribution is 2.29. The van der Waals surface area contributed by atoms with Gasteiger partial charge in [0.1, 0.15) is 6.61 Å². The minimum Gasteiger partial charge on any atom is -0.493 e. The van der Waals surface area contributed by atoms with Crippen LogP contribution >= 0.6 is 0 Å². The first-order valence-electron chi connectivity index (χ1n) is 10.9. The van der Waals surface area contributed by atoms with Gasteiger partial charge >= 0.3 is 0 Å². The highest BCUT2D eigenvalue weighted by Gasteiger charge is 2.27. The van der Waals surface area contributed by atoms with E-state index in [9.17, 15) is 4.79 Å². The molecule has 0 saturated carbocycles. The number of aromatic amines is 1. The average molecular weight is 439 g/mol. The molecule has 3 heterocycles. The van der Waals surface area contributed by atoms with E-state index in [2.05, 4.69) is 20.7 Å². The fourth-order valence-corrected chi connectivity index (χ4v) is 4.42. The van der Waals surface area contributed by atoms with Crippen molar-refractivity contribution in [3.05, 3.63) is 45.4 Å². The van der Waals surface area contributed by atoms with Gasteiger partial charge in [-0.05, 0) is 38.0 Å². The first kappa shape index (κ1) is 22.2. The normalized spacial score (nSPS) is 21.0. The van der Waals surface area contributed by atoms with Crippen LogP contribution in [0.15, 0.2) is 23.0 Å². The maximum atomic E-state index is 12.7. The lowest BCUT2D eigenvalue weighted by Gasteiger charge is -2.36. The molecule has 1 fully saturated rings. The predicted molar refractivity (Wildman–Crippen MR) is 122 cm³/mol. The Labute approximate surface area is 188 Å². The van der Waals surface area contributed by atoms with Gasteiger partial charge in [-0.15, -0.1) is 6.42 Å². The maximum absolute atomic E-state index is 12.7. The van der Waals surface area contributed by atoms with Gasteiger partial charge in [0.05, 0.1) is 25.0 Å². The van der Waals surface area contributed by atoms with Gasteiger partial charge in [0.25, 0.3) is 5.56 Å². The Morgan fingerprint density at radius 1 is 1.28 bits per heavy atom. The molecule has 4 rings (SSSR count). The number of ether oxygens (including phenoxy) is 3. The van der Waals surface area contributed by atoms with E-state index in [4.69, 9.17) is 25.6 Å². The Kier molecular flexibility index (Phi) is 6.68. The summed E-state index contributed by atoms with van der Waals surface area (Å²) in [5.74, 6) is 4.38. The molecule has 1 N–H and O–H groups in total. The molecular weight excluding hydrogens is 408 g/mol. The summed E-state index contributed by atoms with van der Waals surface area (Å²) in [7, 11) is 1.62. The van der Waals surface area contributed by atoms with Gasteiger partial charge in [-0.1, -0.05) is 12.0 Å². The molecule has 1 saturated heterocycles. The van der Waals surface area contributed by atoms with Crippen molar-refractivity contribution in [2.75, 3.05) is 38.3 Å². The quantitative estimate of drug-likeness (QED) is 0.691. The molecule has 8 nitrogen and oxygen atoms in total. The number of hydrogen-bond acceptors (Lipinski definition) is 7. The second-order valence-corrected chi connectivity index (χ2v) is 8.42. The third-order valence-corrected chi connectivity index (χ3v) is 5.80. The Hall–Kier alpha value is -3.02. The van der Waals surface area contributed by atoms with Gasteiger partial charge < -0.3 is 19.1 Å². The first-order chi connectivity index (χ1) is 15.5. The molecule has 2 aromatic rings. The summed E-state index contributed by atoms with van der Waals surface area (Å²) in [5.41, 5.74) is 2.70. The van der Waals surface area contributed by atoms with Crippen LogP contribution in [0.3, 0.4) is 0 Å². The fraction of sp³-hybridized carbons (Fsp3) is 0.500. The van der Waals surface area contributed by atoms with Crippen LogP contribution in [0.5, 0.6) is 11.5 Å². The van der Waals surface area contributed by atoms with Gasteiger partial charge in [0.15, 0.2) is 11.5 Å². The maximum Gasteiger partial charge on any atom is 0.255 e. The average Bonchev–Trinajstić information content (AvgIpc) is 2.77. The monoisotopic (exact) mass is 438 g/mol. The second-order valence-electron chi connectivity index (χ2n) is 8.42. The number of methoxy groups -OCH3 is 1. The lowest BCUT2D eigenvalue weighted by atomic mass is 10.1. The molecule has 2 atom stereocenters. The number of aromatic nitrogens is 2. The Morgan fingerprint density at radius 2 is 2.06 bits per heavy atom. The minimum absolute atomic E-state index is 0.0341. The van der Waals surface area contributed by atoms with Crippen molar-refractivity contribution < 1.29 is 14.2 Å². The van der Waals surface area contributed by atoms with Gasteiger partial charge in [0, 0.05) is 38.3 Å². The number of rotatable bonds is 6. The van der Waals surface area contributed by atoms with Crippen molar-refractivity contribution in [2.45, 2.75) is 45.6 Å². The van der Waals surface area contributed by atoms with E-state index < -0.39 is 0 Å². The van der Waals surface area contributed by atoms with Crippen LogP contribution in [0.4, 0.5) is 5.95 Å². The largest absolute Gasteiger partial charge is 0.493 e. The van der Waals surface area contributed by atoms with E-state index in [-0.39, 0.29) is 24.4 Å². The van der Waals surface area contributed by atoms with E-state index in [1.54, 1.807) is 7.11 Å². The number of nitrogens with one attached hydrogen (secondary N) is 1. The van der Waals surface area contributed by atoms with Crippen LogP contribution in [-0.2, 0) is 24.2 Å². The topological polar surface area (TPSA) is 79.9 Å². The molecule has 1 aromatic heterocycles. The molecule has 0 bridgehead atoms. The lowest BCUT2D eigenvalue weighted by Crippen LogP contribution is -2.47. The summed E-state index contributed by atoms with van der Waals surface area (Å²) in [6.07, 6.45) is 6.15.